The summed E-state index contributed by atoms with van der Waals surface area (Å²) in [6.07, 6.45) is 23.7. The molecule has 18 aromatic rings. The summed E-state index contributed by atoms with van der Waals surface area (Å²) >= 11 is 0. The molecule has 11 aromatic carbocycles. The van der Waals surface area contributed by atoms with Crippen LogP contribution in [0.3, 0.4) is 0 Å². The Morgan fingerprint density at radius 3 is 1.19 bits per heavy atom. The van der Waals surface area contributed by atoms with Crippen molar-refractivity contribution in [3.63, 3.8) is 0 Å². The van der Waals surface area contributed by atoms with Crippen molar-refractivity contribution in [3.8, 4) is 33.4 Å². The molecule has 18 rings (SSSR count). The van der Waals surface area contributed by atoms with Gasteiger partial charge in [0, 0.05) is 73.4 Å². The maximum atomic E-state index is 3.98. The third kappa shape index (κ3) is 30.5. The number of hydrogen-bond donors (Lipinski definition) is 0. The molecule has 111 heavy (non-hydrogen) atoms. The third-order valence-electron chi connectivity index (χ3n) is 16.5. The minimum atomic E-state index is 0.759. The Kier molecular flexibility index (Phi) is 35.0. The first-order valence-electron chi connectivity index (χ1n) is 36.6. The van der Waals surface area contributed by atoms with E-state index in [0.29, 0.717) is 0 Å². The largest absolute Gasteiger partial charge is 0.265 e. The Balaban J connectivity index is 0.000000157. The van der Waals surface area contributed by atoms with Crippen molar-refractivity contribution >= 4 is 43.1 Å². The summed E-state index contributed by atoms with van der Waals surface area (Å²) in [7, 11) is 0. The van der Waals surface area contributed by atoms with Gasteiger partial charge in [-0.1, -0.05) is 260 Å². The second-order valence-corrected chi connectivity index (χ2v) is 25.8. The molecule has 552 valence electrons. The van der Waals surface area contributed by atoms with Gasteiger partial charge in [0.2, 0.25) is 0 Å². The van der Waals surface area contributed by atoms with Gasteiger partial charge >= 0.3 is 0 Å². The molecule has 0 aliphatic carbocycles. The number of pyridine rings is 3. The lowest BCUT2D eigenvalue weighted by molar-refractivity contribution is 0.974. The molecule has 7 aromatic heterocycles. The summed E-state index contributed by atoms with van der Waals surface area (Å²) in [6.45, 7) is 22.2. The minimum absolute atomic E-state index is 0.759. The van der Waals surface area contributed by atoms with E-state index in [1.807, 2.05) is 109 Å². The zero-order valence-corrected chi connectivity index (χ0v) is 65.2. The van der Waals surface area contributed by atoms with Gasteiger partial charge in [0.1, 0.15) is 37.0 Å². The Labute approximate surface area is 655 Å². The zero-order chi connectivity index (χ0) is 78.5. The summed E-state index contributed by atoms with van der Waals surface area (Å²) in [6, 6.07) is 103. The molecule has 12 nitrogen and oxygen atoms in total. The standard InChI is InChI=1S/3C17H14.C11H10.3C6H7N.3C5H6N2.C4H5N3/c1-13-11-15-9-5-6-10-16(15)17(12-13)14-7-3-2-4-8-14;1-13-10-11-17-15(12-13)8-5-9-16(17)14-6-3-2-4-7-14;1-13-7-8-17-12-16(10-9-15(17)11-13)14-5-3-2-4-6-14;1-9-5-4-7-10-6-2-3-8-11(9)10;1-6-2-4-7-5-3-6;1-6-3-2-4-7-5-6;1-6-4-2-3-5-7-6;1-5-2-6-4-7-3-5;1-5-2-3-6-4-7-5;1-5-6-3-2-4-7-5;1-4-6-2-5-3-7-4/h3*2-12H,1H3;2-8H,1H3;3*2-5H,1H3;3*2-4H,1H3;2-3H,1H3. The smallest absolute Gasteiger partial charge is 0.128 e. The Morgan fingerprint density at radius 2 is 0.685 bits per heavy atom. The molecule has 0 aliphatic rings. The summed E-state index contributed by atoms with van der Waals surface area (Å²) in [5.41, 5.74) is 18.7. The van der Waals surface area contributed by atoms with Crippen molar-refractivity contribution in [2.45, 2.75) is 76.2 Å². The molecule has 0 N–H and O–H groups in total. The number of hydrogen-bond acceptors (Lipinski definition) is 12. The minimum Gasteiger partial charge on any atom is -0.265 e. The highest BCUT2D eigenvalue weighted by Gasteiger charge is 2.06. The van der Waals surface area contributed by atoms with Gasteiger partial charge in [-0.05, 0) is 229 Å². The van der Waals surface area contributed by atoms with E-state index in [-0.39, 0.29) is 0 Å². The van der Waals surface area contributed by atoms with Gasteiger partial charge in [-0.15, -0.1) is 0 Å². The maximum Gasteiger partial charge on any atom is 0.128 e. The molecule has 0 radical (unpaired) electrons. The molecule has 12 heteroatoms. The van der Waals surface area contributed by atoms with Crippen molar-refractivity contribution in [2.24, 2.45) is 0 Å². The number of fused-ring (bicyclic) bond motifs is 4. The highest BCUT2D eigenvalue weighted by Crippen LogP contribution is 2.31. The van der Waals surface area contributed by atoms with Gasteiger partial charge in [-0.2, -0.15) is 0 Å². The van der Waals surface area contributed by atoms with Gasteiger partial charge in [0.25, 0.3) is 0 Å². The van der Waals surface area contributed by atoms with Crippen LogP contribution in [0.1, 0.15) is 62.0 Å². The van der Waals surface area contributed by atoms with E-state index < -0.39 is 0 Å². The highest BCUT2D eigenvalue weighted by atomic mass is 15.0. The van der Waals surface area contributed by atoms with Crippen LogP contribution >= 0.6 is 0 Å². The van der Waals surface area contributed by atoms with Crippen LogP contribution in [0.25, 0.3) is 76.5 Å². The van der Waals surface area contributed by atoms with Crippen molar-refractivity contribution in [3.05, 3.63) is 447 Å². The fraction of sp³-hybridized carbons (Fsp3) is 0.111. The van der Waals surface area contributed by atoms with Crippen LogP contribution in [0, 0.1) is 76.2 Å². The second kappa shape index (κ2) is 47.0. The normalized spacial score (nSPS) is 9.76. The number of rotatable bonds is 3. The van der Waals surface area contributed by atoms with Crippen LogP contribution < -0.4 is 0 Å². The van der Waals surface area contributed by atoms with Gasteiger partial charge in [-0.25, -0.2) is 44.9 Å². The molecular formula is C99H96N12. The number of aryl methyl sites for hydroxylation is 11. The topological polar surface area (TPSA) is 155 Å². The predicted molar refractivity (Wildman–Crippen MR) is 463 cm³/mol. The van der Waals surface area contributed by atoms with Crippen LogP contribution in [0.15, 0.2) is 385 Å². The number of nitrogens with zero attached hydrogens (tertiary/aromatic N) is 12. The second-order valence-electron chi connectivity index (χ2n) is 25.8. The van der Waals surface area contributed by atoms with Crippen LogP contribution in [0.5, 0.6) is 0 Å². The summed E-state index contributed by atoms with van der Waals surface area (Å²) < 4.78 is 0. The van der Waals surface area contributed by atoms with Crippen LogP contribution in [-0.2, 0) is 0 Å². The molecule has 0 fully saturated rings. The average molecular weight is 1450 g/mol. The molecule has 7 heterocycles. The van der Waals surface area contributed by atoms with E-state index in [2.05, 4.69) is 324 Å². The average Bonchev–Trinajstić information content (AvgIpc) is 0.821. The Bertz CT molecular complexity index is 5180. The first-order chi connectivity index (χ1) is 54.1. The monoisotopic (exact) mass is 1450 g/mol. The molecule has 0 amide bonds. The van der Waals surface area contributed by atoms with Crippen LogP contribution in [-0.4, -0.2) is 59.8 Å². The lowest BCUT2D eigenvalue weighted by Crippen LogP contribution is -1.84. The maximum absolute atomic E-state index is 3.98. The molecule has 0 bridgehead atoms. The Hall–Kier alpha value is -13.8. The van der Waals surface area contributed by atoms with Gasteiger partial charge in [0.15, 0.2) is 0 Å². The molecule has 0 spiro atoms. The third-order valence-corrected chi connectivity index (χ3v) is 16.5. The Morgan fingerprint density at radius 1 is 0.189 bits per heavy atom. The summed E-state index contributed by atoms with van der Waals surface area (Å²) in [5, 5.41) is 10.6. The summed E-state index contributed by atoms with van der Waals surface area (Å²) in [4.78, 5) is 45.7. The SMILES string of the molecule is Cc1cc(-c2ccccc2)c2ccccc2c1.Cc1ccc2c(-c3ccccc3)cccc2c1.Cc1ccc2cc(-c3ccccc3)ccc2c1.Cc1cccc2ccccc12.Cc1ccccn1.Cc1cccnc1.Cc1ccncc1.Cc1ccncn1.Cc1cncnc1.Cc1ncccn1.Cc1ncncn1. The van der Waals surface area contributed by atoms with Crippen molar-refractivity contribution in [1.29, 1.82) is 0 Å². The lowest BCUT2D eigenvalue weighted by atomic mass is 9.96. The van der Waals surface area contributed by atoms with Crippen molar-refractivity contribution in [1.82, 2.24) is 59.8 Å². The van der Waals surface area contributed by atoms with Gasteiger partial charge in [-0.3, -0.25) is 15.0 Å². The van der Waals surface area contributed by atoms with Crippen LogP contribution in [0.2, 0.25) is 0 Å². The van der Waals surface area contributed by atoms with E-state index in [0.717, 1.165) is 28.6 Å². The fourth-order valence-electron chi connectivity index (χ4n) is 10.9. The van der Waals surface area contributed by atoms with Crippen molar-refractivity contribution < 1.29 is 0 Å². The predicted octanol–water partition coefficient (Wildman–Crippen LogP) is 24.3. The molecule has 0 saturated heterocycles. The highest BCUT2D eigenvalue weighted by molar-refractivity contribution is 5.98. The van der Waals surface area contributed by atoms with E-state index in [1.165, 1.54) is 135 Å². The van der Waals surface area contributed by atoms with Gasteiger partial charge < -0.3 is 0 Å². The first-order valence-corrected chi connectivity index (χ1v) is 36.6. The summed E-state index contributed by atoms with van der Waals surface area (Å²) in [5.74, 6) is 1.58. The molecule has 0 unspecified atom stereocenters. The van der Waals surface area contributed by atoms with E-state index >= 15 is 0 Å². The molecule has 0 atom stereocenters. The first kappa shape index (κ1) is 82.8. The zero-order valence-electron chi connectivity index (χ0n) is 65.2. The molecular weight excluding hydrogens is 1360 g/mol. The van der Waals surface area contributed by atoms with Crippen LogP contribution in [0.4, 0.5) is 0 Å². The number of benzene rings is 11. The van der Waals surface area contributed by atoms with E-state index in [1.54, 1.807) is 61.8 Å². The number of aromatic nitrogens is 12. The quantitative estimate of drug-likeness (QED) is 0.165. The van der Waals surface area contributed by atoms with E-state index in [9.17, 15) is 0 Å². The van der Waals surface area contributed by atoms with E-state index in [4.69, 9.17) is 0 Å². The molecule has 0 saturated carbocycles. The fourth-order valence-corrected chi connectivity index (χ4v) is 10.9. The molecule has 0 aliphatic heterocycles. The van der Waals surface area contributed by atoms with Crippen molar-refractivity contribution in [2.75, 3.05) is 0 Å². The lowest BCUT2D eigenvalue weighted by Gasteiger charge is -2.08. The van der Waals surface area contributed by atoms with Gasteiger partial charge in [0.05, 0.1) is 0 Å².